The van der Waals surface area contributed by atoms with Crippen LogP contribution in [0, 0.1) is 46.3 Å². The number of rotatable bonds is 32. The fourth-order valence-corrected chi connectivity index (χ4v) is 15.7. The summed E-state index contributed by atoms with van der Waals surface area (Å²) >= 11 is 0. The highest BCUT2D eigenvalue weighted by Gasteiger charge is 2.50. The minimum atomic E-state index is -3.68. The number of aliphatic hydroxyl groups is 1. The summed E-state index contributed by atoms with van der Waals surface area (Å²) in [6.45, 7) is 39.2. The quantitative estimate of drug-likeness (QED) is 0.0193. The first-order valence-corrected chi connectivity index (χ1v) is 39.3. The Morgan fingerprint density at radius 3 is 1.59 bits per heavy atom. The second-order valence-corrected chi connectivity index (χ2v) is 34.0. The number of aliphatic carboxylic acids is 1. The lowest BCUT2D eigenvalue weighted by Crippen LogP contribution is -2.49. The van der Waals surface area contributed by atoms with Crippen LogP contribution in [0.25, 0.3) is 0 Å². The molecule has 101 heavy (non-hydrogen) atoms. The molecule has 568 valence electrons. The van der Waals surface area contributed by atoms with Crippen LogP contribution < -0.4 is 0 Å². The van der Waals surface area contributed by atoms with Crippen molar-refractivity contribution >= 4 is 49.5 Å². The van der Waals surface area contributed by atoms with Crippen LogP contribution in [-0.2, 0) is 76.7 Å². The van der Waals surface area contributed by atoms with Crippen molar-refractivity contribution in [3.63, 3.8) is 0 Å². The van der Waals surface area contributed by atoms with E-state index in [0.717, 1.165) is 24.8 Å². The van der Waals surface area contributed by atoms with E-state index in [1.54, 1.807) is 121 Å². The van der Waals surface area contributed by atoms with Gasteiger partial charge in [-0.15, -0.1) is 5.73 Å². The smallest absolute Gasteiger partial charge is 0.338 e. The minimum absolute atomic E-state index is 0.00753. The standard InChI is InChI=1S/C42H58O10S.C21H34O4S.C14H24O3.C3H6O2/c1-9-38(43)52-42(8)25-32(19-16-22-48-40(45)41(5,6)7)50-36(30(42)4)24-37-34(27-53(46,47)33-20-14-11-15-21-33)29(3)35(51-37)23-28(2)26-49-39(44)31-17-12-10-13-18-31;1-6-15(2)12-20-17(4)19(21(25-20)13-16(3)24-5)14-26(22,23)18-10-8-7-9-11-18;1-6-11(2)10-12(15)8-7-9-17-13(16)14(3,4)5;1-2-3(4)5/h10-15,17-18,20-21,28-29,32,34-37H,4,9,16,19,22-27H2,1-3,5-8H3;7-11,15-17,19-21H,6,12-14H2,1-5H3;12,15H,1,7-10H2,2-5H3;2H2,1H3,(H,4,5)/t28-,29+,32-,34+,35+,36?,37-,42+;15-,16?,17-,19-,20-,21+;12-;/m010./s1. The van der Waals surface area contributed by atoms with Crippen LogP contribution in [0.2, 0.25) is 0 Å². The Morgan fingerprint density at radius 1 is 0.673 bits per heavy atom. The molecular weight excluding hydrogens is 1330 g/mol. The molecule has 0 radical (unpaired) electrons. The molecule has 15 atom stereocenters. The van der Waals surface area contributed by atoms with E-state index in [1.807, 2.05) is 67.5 Å². The second kappa shape index (κ2) is 42.7. The normalized spacial score (nSPS) is 24.0. The van der Waals surface area contributed by atoms with E-state index in [1.165, 1.54) is 0 Å². The van der Waals surface area contributed by atoms with Crippen molar-refractivity contribution in [3.8, 4) is 0 Å². The molecule has 3 heterocycles. The van der Waals surface area contributed by atoms with Gasteiger partial charge >= 0.3 is 29.8 Å². The largest absolute Gasteiger partial charge is 0.481 e. The van der Waals surface area contributed by atoms with Crippen LogP contribution in [-0.4, -0.2) is 150 Å². The molecule has 0 aromatic heterocycles. The number of carboxylic acid groups (broad SMARTS) is 1. The lowest BCUT2D eigenvalue weighted by atomic mass is 9.79. The number of sulfone groups is 2. The van der Waals surface area contributed by atoms with E-state index in [-0.39, 0.29) is 120 Å². The molecule has 21 heteroatoms. The van der Waals surface area contributed by atoms with E-state index in [9.17, 15) is 45.9 Å². The molecule has 0 amide bonds. The number of benzene rings is 3. The number of hydrogen-bond acceptors (Lipinski definition) is 18. The molecule has 3 aliphatic heterocycles. The van der Waals surface area contributed by atoms with E-state index in [4.69, 9.17) is 43.0 Å². The van der Waals surface area contributed by atoms with Crippen molar-refractivity contribution in [2.45, 2.75) is 258 Å². The molecule has 3 aromatic rings. The minimum Gasteiger partial charge on any atom is -0.481 e. The summed E-state index contributed by atoms with van der Waals surface area (Å²) < 4.78 is 101. The summed E-state index contributed by atoms with van der Waals surface area (Å²) in [4.78, 5) is 59.0. The number of carbonyl (C=O) groups is 5. The van der Waals surface area contributed by atoms with Crippen molar-refractivity contribution in [1.82, 2.24) is 0 Å². The maximum atomic E-state index is 13.8. The number of carboxylic acids is 1. The zero-order valence-electron chi connectivity index (χ0n) is 63.5. The van der Waals surface area contributed by atoms with Crippen LogP contribution in [0.5, 0.6) is 0 Å². The van der Waals surface area contributed by atoms with Crippen molar-refractivity contribution < 1.29 is 88.9 Å². The average molecular weight is 1450 g/mol. The van der Waals surface area contributed by atoms with Gasteiger partial charge in [-0.3, -0.25) is 19.2 Å². The first kappa shape index (κ1) is 89.2. The maximum Gasteiger partial charge on any atom is 0.338 e. The lowest BCUT2D eigenvalue weighted by molar-refractivity contribution is -0.170. The first-order chi connectivity index (χ1) is 47.2. The van der Waals surface area contributed by atoms with Crippen LogP contribution in [0.15, 0.2) is 131 Å². The van der Waals surface area contributed by atoms with Crippen LogP contribution in [0.3, 0.4) is 0 Å². The zero-order valence-corrected chi connectivity index (χ0v) is 65.2. The number of hydrogen-bond donors (Lipinski definition) is 2. The molecule has 3 saturated heterocycles. The summed E-state index contributed by atoms with van der Waals surface area (Å²) in [6, 6.07) is 26.0. The first-order valence-electron chi connectivity index (χ1n) is 36.0. The van der Waals surface area contributed by atoms with Gasteiger partial charge in [0, 0.05) is 51.0 Å². The number of carbonyl (C=O) groups excluding carboxylic acids is 4. The zero-order chi connectivity index (χ0) is 76.1. The van der Waals surface area contributed by atoms with Gasteiger partial charge in [-0.2, -0.15) is 0 Å². The topological polar surface area (TPSA) is 268 Å². The highest BCUT2D eigenvalue weighted by atomic mass is 32.2. The molecule has 0 bridgehead atoms. The number of aliphatic hydroxyl groups excluding tert-OH is 1. The molecule has 3 fully saturated rings. The monoisotopic (exact) mass is 1450 g/mol. The summed E-state index contributed by atoms with van der Waals surface area (Å²) in [5.74, 6) is -1.78. The third-order valence-electron chi connectivity index (χ3n) is 19.0. The van der Waals surface area contributed by atoms with E-state index < -0.39 is 66.4 Å². The molecule has 2 unspecified atom stereocenters. The molecule has 6 rings (SSSR count). The molecule has 0 spiro atoms. The average Bonchev–Trinajstić information content (AvgIpc) is 1.71. The van der Waals surface area contributed by atoms with Crippen molar-refractivity contribution in [1.29, 1.82) is 0 Å². The number of ether oxygens (including phenoxy) is 8. The summed E-state index contributed by atoms with van der Waals surface area (Å²) in [7, 11) is -5.32. The van der Waals surface area contributed by atoms with Crippen molar-refractivity contribution in [3.05, 3.63) is 127 Å². The molecule has 2 N–H and O–H groups in total. The Labute approximate surface area is 605 Å². The summed E-state index contributed by atoms with van der Waals surface area (Å²) in [6.07, 6.45) is 5.39. The Kier molecular flexibility index (Phi) is 37.7. The van der Waals surface area contributed by atoms with Gasteiger partial charge in [-0.1, -0.05) is 123 Å². The maximum absolute atomic E-state index is 13.8. The fourth-order valence-electron chi connectivity index (χ4n) is 12.1. The van der Waals surface area contributed by atoms with Crippen LogP contribution in [0.4, 0.5) is 0 Å². The second-order valence-electron chi connectivity index (χ2n) is 29.9. The predicted molar refractivity (Wildman–Crippen MR) is 393 cm³/mol. The highest BCUT2D eigenvalue weighted by molar-refractivity contribution is 7.91. The molecule has 3 aromatic carbocycles. The van der Waals surface area contributed by atoms with Gasteiger partial charge in [0.1, 0.15) is 5.60 Å². The molecule has 19 nitrogen and oxygen atoms in total. The Hall–Kier alpha value is -6.03. The molecule has 3 aliphatic rings. The van der Waals surface area contributed by atoms with Gasteiger partial charge in [-0.25, -0.2) is 21.6 Å². The van der Waals surface area contributed by atoms with Gasteiger partial charge in [-0.05, 0) is 178 Å². The van der Waals surface area contributed by atoms with E-state index in [2.05, 4.69) is 39.7 Å². The van der Waals surface area contributed by atoms with Gasteiger partial charge in [0.05, 0.1) is 106 Å². The Balaban J connectivity index is 0.000000453. The SMILES string of the molecule is C=C1C(C[C@@H]2O[C@H](C[C@H](C)COC(=O)c3ccccc3)[C@H](C)[C@H]2CS(=O)(=O)c2ccccc2)O[C@@H](CCCOC(=O)C(C)(C)C)C[C@@]1(C)OC(=O)CC.C=C=C(C)C[C@@H](O)CCCOC(=O)C(C)(C)C.CCC(=O)O.CC[C@@H](C)C[C@H]1O[C@@H](CC(C)OC)[C@H](CS(=O)(=O)c2ccccc2)[C@H]1C. The number of esters is 4. The summed E-state index contributed by atoms with van der Waals surface area (Å²) in [5, 5.41) is 17.4. The molecule has 0 saturated carbocycles. The van der Waals surface area contributed by atoms with E-state index >= 15 is 0 Å². The molecule has 0 aliphatic carbocycles. The molecular formula is C80H122O19S2. The van der Waals surface area contributed by atoms with Crippen LogP contribution >= 0.6 is 0 Å². The Bertz CT molecular complexity index is 3300. The Morgan fingerprint density at radius 2 is 1.14 bits per heavy atom. The third kappa shape index (κ3) is 30.7. The third-order valence-corrected chi connectivity index (χ3v) is 22.6. The van der Waals surface area contributed by atoms with Crippen molar-refractivity contribution in [2.24, 2.45) is 46.3 Å². The fraction of sp³-hybridized carbons (Fsp3) is 0.650. The van der Waals surface area contributed by atoms with Crippen molar-refractivity contribution in [2.75, 3.05) is 38.4 Å². The lowest BCUT2D eigenvalue weighted by Gasteiger charge is -2.44. The van der Waals surface area contributed by atoms with Crippen LogP contribution in [0.1, 0.15) is 205 Å². The van der Waals surface area contributed by atoms with Gasteiger partial charge in [0.25, 0.3) is 0 Å². The van der Waals surface area contributed by atoms with E-state index in [0.29, 0.717) is 79.9 Å². The van der Waals surface area contributed by atoms with Gasteiger partial charge in [0.2, 0.25) is 0 Å². The highest BCUT2D eigenvalue weighted by Crippen LogP contribution is 2.45. The summed E-state index contributed by atoms with van der Waals surface area (Å²) in [5.41, 5.74) is 2.68. The van der Waals surface area contributed by atoms with Gasteiger partial charge < -0.3 is 48.1 Å². The predicted octanol–water partition coefficient (Wildman–Crippen LogP) is 15.2. The van der Waals surface area contributed by atoms with Gasteiger partial charge in [0.15, 0.2) is 19.7 Å². The number of methoxy groups -OCH3 is 1.